The number of aryl methyl sites for hydroxylation is 2. The minimum Gasteiger partial charge on any atom is -0.314 e. The van der Waals surface area contributed by atoms with Crippen LogP contribution in [0.15, 0.2) is 4.47 Å². The van der Waals surface area contributed by atoms with Gasteiger partial charge in [0.15, 0.2) is 0 Å². The molecule has 1 aromatic heterocycles. The van der Waals surface area contributed by atoms with Crippen molar-refractivity contribution in [3.63, 3.8) is 0 Å². The highest BCUT2D eigenvalue weighted by Gasteiger charge is 2.31. The molecule has 3 rings (SSSR count). The molecular formula is C16H26BrN3. The number of hydrogen-bond acceptors (Lipinski definition) is 2. The Kier molecular flexibility index (Phi) is 4.51. The molecule has 112 valence electrons. The van der Waals surface area contributed by atoms with Crippen LogP contribution in [0.3, 0.4) is 0 Å². The number of nitrogens with zero attached hydrogens (tertiary/aromatic N) is 2. The van der Waals surface area contributed by atoms with E-state index in [1.165, 1.54) is 55.2 Å². The first kappa shape index (κ1) is 14.6. The Labute approximate surface area is 130 Å². The molecule has 4 heteroatoms. The van der Waals surface area contributed by atoms with Gasteiger partial charge in [-0.2, -0.15) is 5.10 Å². The smallest absolute Gasteiger partial charge is 0.0738 e. The van der Waals surface area contributed by atoms with Crippen molar-refractivity contribution in [3.8, 4) is 0 Å². The van der Waals surface area contributed by atoms with Crippen LogP contribution in [0, 0.1) is 18.8 Å². The van der Waals surface area contributed by atoms with E-state index in [0.29, 0.717) is 0 Å². The lowest BCUT2D eigenvalue weighted by Gasteiger charge is -2.20. The summed E-state index contributed by atoms with van der Waals surface area (Å²) < 4.78 is 3.42. The largest absolute Gasteiger partial charge is 0.314 e. The van der Waals surface area contributed by atoms with Gasteiger partial charge in [0.1, 0.15) is 0 Å². The third-order valence-corrected chi connectivity index (χ3v) is 6.00. The maximum Gasteiger partial charge on any atom is 0.0738 e. The van der Waals surface area contributed by atoms with E-state index in [2.05, 4.69) is 44.9 Å². The van der Waals surface area contributed by atoms with E-state index in [1.54, 1.807) is 0 Å². The average Bonchev–Trinajstić information content (AvgIpc) is 3.11. The van der Waals surface area contributed by atoms with Gasteiger partial charge in [-0.15, -0.1) is 0 Å². The summed E-state index contributed by atoms with van der Waals surface area (Å²) in [5, 5.41) is 8.36. The molecule has 0 spiro atoms. The van der Waals surface area contributed by atoms with Gasteiger partial charge in [-0.1, -0.05) is 6.42 Å². The molecule has 2 saturated carbocycles. The normalized spacial score (nSPS) is 26.4. The minimum absolute atomic E-state index is 0.832. The van der Waals surface area contributed by atoms with Crippen LogP contribution >= 0.6 is 15.9 Å². The number of nitrogens with one attached hydrogen (secondary N) is 1. The Hall–Kier alpha value is -0.350. The number of halogens is 1. The first-order valence-corrected chi connectivity index (χ1v) is 8.93. The summed E-state index contributed by atoms with van der Waals surface area (Å²) in [4.78, 5) is 0. The average molecular weight is 340 g/mol. The maximum absolute atomic E-state index is 4.63. The van der Waals surface area contributed by atoms with Crippen LogP contribution in [0.2, 0.25) is 0 Å². The van der Waals surface area contributed by atoms with Gasteiger partial charge in [0.2, 0.25) is 0 Å². The molecule has 2 aliphatic carbocycles. The van der Waals surface area contributed by atoms with Crippen molar-refractivity contribution in [2.24, 2.45) is 11.8 Å². The molecule has 0 aliphatic heterocycles. The van der Waals surface area contributed by atoms with Gasteiger partial charge < -0.3 is 5.32 Å². The third-order valence-electron chi connectivity index (χ3n) is 4.97. The summed E-state index contributed by atoms with van der Waals surface area (Å²) in [5.41, 5.74) is 2.54. The first-order chi connectivity index (χ1) is 9.69. The zero-order valence-corrected chi connectivity index (χ0v) is 14.2. The molecule has 0 saturated heterocycles. The highest BCUT2D eigenvalue weighted by molar-refractivity contribution is 9.10. The second kappa shape index (κ2) is 6.18. The lowest BCUT2D eigenvalue weighted by molar-refractivity contribution is 0.356. The van der Waals surface area contributed by atoms with Crippen LogP contribution in [0.25, 0.3) is 0 Å². The van der Waals surface area contributed by atoms with E-state index in [9.17, 15) is 0 Å². The zero-order chi connectivity index (χ0) is 14.1. The molecule has 2 fully saturated rings. The van der Waals surface area contributed by atoms with Crippen molar-refractivity contribution >= 4 is 15.9 Å². The SMILES string of the molecule is CCn1nc(C)c(Br)c1CC1CCCC1CNC1CC1. The molecule has 2 aliphatic rings. The Morgan fingerprint density at radius 1 is 1.25 bits per heavy atom. The minimum atomic E-state index is 0.832. The predicted molar refractivity (Wildman–Crippen MR) is 85.9 cm³/mol. The second-order valence-corrected chi connectivity index (χ2v) is 7.29. The van der Waals surface area contributed by atoms with Crippen LogP contribution in [0.5, 0.6) is 0 Å². The van der Waals surface area contributed by atoms with Crippen molar-refractivity contribution in [1.29, 1.82) is 0 Å². The molecule has 0 bridgehead atoms. The molecule has 3 nitrogen and oxygen atoms in total. The standard InChI is InChI=1S/C16H26BrN3/c1-3-20-15(16(17)11(2)19-20)9-12-5-4-6-13(12)10-18-14-7-8-14/h12-14,18H,3-10H2,1-2H3. The second-order valence-electron chi connectivity index (χ2n) is 6.50. The van der Waals surface area contributed by atoms with E-state index in [0.717, 1.165) is 30.1 Å². The summed E-state index contributed by atoms with van der Waals surface area (Å²) >= 11 is 3.74. The van der Waals surface area contributed by atoms with E-state index < -0.39 is 0 Å². The van der Waals surface area contributed by atoms with Crippen molar-refractivity contribution < 1.29 is 0 Å². The monoisotopic (exact) mass is 339 g/mol. The fraction of sp³-hybridized carbons (Fsp3) is 0.812. The van der Waals surface area contributed by atoms with Crippen molar-refractivity contribution in [3.05, 3.63) is 15.9 Å². The quantitative estimate of drug-likeness (QED) is 0.856. The number of rotatable bonds is 6. The Balaban J connectivity index is 1.66. The molecule has 1 heterocycles. The fourth-order valence-corrected chi connectivity index (χ4v) is 4.01. The van der Waals surface area contributed by atoms with Gasteiger partial charge in [-0.05, 0) is 80.3 Å². The molecule has 20 heavy (non-hydrogen) atoms. The topological polar surface area (TPSA) is 29.9 Å². The molecule has 1 aromatic rings. The van der Waals surface area contributed by atoms with Gasteiger partial charge in [-0.3, -0.25) is 4.68 Å². The summed E-state index contributed by atoms with van der Waals surface area (Å²) in [6.07, 6.45) is 8.17. The fourth-order valence-electron chi connectivity index (χ4n) is 3.57. The highest BCUT2D eigenvalue weighted by atomic mass is 79.9. The Morgan fingerprint density at radius 3 is 2.70 bits per heavy atom. The predicted octanol–water partition coefficient (Wildman–Crippen LogP) is 3.68. The Bertz CT molecular complexity index is 465. The van der Waals surface area contributed by atoms with Gasteiger partial charge >= 0.3 is 0 Å². The van der Waals surface area contributed by atoms with Gasteiger partial charge in [0, 0.05) is 12.6 Å². The van der Waals surface area contributed by atoms with Crippen LogP contribution in [0.4, 0.5) is 0 Å². The first-order valence-electron chi connectivity index (χ1n) is 8.14. The lowest BCUT2D eigenvalue weighted by atomic mass is 9.91. The summed E-state index contributed by atoms with van der Waals surface area (Å²) in [6, 6.07) is 0.839. The molecule has 0 amide bonds. The highest BCUT2D eigenvalue weighted by Crippen LogP contribution is 2.36. The van der Waals surface area contributed by atoms with E-state index in [1.807, 2.05) is 0 Å². The molecule has 2 atom stereocenters. The van der Waals surface area contributed by atoms with Crippen LogP contribution in [-0.4, -0.2) is 22.4 Å². The van der Waals surface area contributed by atoms with E-state index >= 15 is 0 Å². The van der Waals surface area contributed by atoms with E-state index in [4.69, 9.17) is 0 Å². The van der Waals surface area contributed by atoms with Gasteiger partial charge in [0.05, 0.1) is 15.9 Å². The van der Waals surface area contributed by atoms with Crippen molar-refractivity contribution in [1.82, 2.24) is 15.1 Å². The van der Waals surface area contributed by atoms with Crippen LogP contribution < -0.4 is 5.32 Å². The molecule has 1 N–H and O–H groups in total. The summed E-state index contributed by atoms with van der Waals surface area (Å²) in [7, 11) is 0. The number of hydrogen-bond donors (Lipinski definition) is 1. The number of aromatic nitrogens is 2. The van der Waals surface area contributed by atoms with Crippen LogP contribution in [-0.2, 0) is 13.0 Å². The van der Waals surface area contributed by atoms with Crippen molar-refractivity contribution in [2.75, 3.05) is 6.54 Å². The van der Waals surface area contributed by atoms with Gasteiger partial charge in [-0.25, -0.2) is 0 Å². The lowest BCUT2D eigenvalue weighted by Crippen LogP contribution is -2.28. The van der Waals surface area contributed by atoms with Crippen LogP contribution in [0.1, 0.15) is 50.4 Å². The summed E-state index contributed by atoms with van der Waals surface area (Å²) in [6.45, 7) is 6.48. The van der Waals surface area contributed by atoms with Gasteiger partial charge in [0.25, 0.3) is 0 Å². The maximum atomic E-state index is 4.63. The zero-order valence-electron chi connectivity index (χ0n) is 12.7. The summed E-state index contributed by atoms with van der Waals surface area (Å²) in [5.74, 6) is 1.70. The molecular weight excluding hydrogens is 314 g/mol. The van der Waals surface area contributed by atoms with E-state index in [-0.39, 0.29) is 0 Å². The molecule has 0 radical (unpaired) electrons. The third kappa shape index (κ3) is 3.11. The van der Waals surface area contributed by atoms with Crippen molar-refractivity contribution in [2.45, 2.75) is 65.0 Å². The molecule has 0 aromatic carbocycles. The molecule has 2 unspecified atom stereocenters. The Morgan fingerprint density at radius 2 is 2.00 bits per heavy atom.